The van der Waals surface area contributed by atoms with Gasteiger partial charge >= 0.3 is 12.2 Å². The van der Waals surface area contributed by atoms with E-state index in [1.165, 1.54) is 12.1 Å². The van der Waals surface area contributed by atoms with E-state index in [9.17, 15) is 18.0 Å². The van der Waals surface area contributed by atoms with Crippen LogP contribution in [0.1, 0.15) is 27.6 Å². The summed E-state index contributed by atoms with van der Waals surface area (Å²) in [6.07, 6.45) is -4.36. The lowest BCUT2D eigenvalue weighted by atomic mass is 10.1. The van der Waals surface area contributed by atoms with Gasteiger partial charge in [0.15, 0.2) is 0 Å². The number of rotatable bonds is 2. The van der Waals surface area contributed by atoms with E-state index in [0.717, 1.165) is 34.7 Å². The summed E-state index contributed by atoms with van der Waals surface area (Å²) >= 11 is 1.55. The Bertz CT molecular complexity index is 805. The molecule has 0 aromatic heterocycles. The Morgan fingerprint density at radius 2 is 1.85 bits per heavy atom. The SMILES string of the molecule is Cc1cccc(NC(=O)N2CCS[C@@H]2c2ccc(C(F)(F)F)cc2)c1C. The zero-order valence-corrected chi connectivity index (χ0v) is 15.2. The third-order valence-electron chi connectivity index (χ3n) is 4.52. The van der Waals surface area contributed by atoms with Gasteiger partial charge in [-0.1, -0.05) is 24.3 Å². The van der Waals surface area contributed by atoms with Crippen molar-refractivity contribution in [3.63, 3.8) is 0 Å². The predicted octanol–water partition coefficient (Wildman–Crippen LogP) is 5.60. The van der Waals surface area contributed by atoms with Crippen molar-refractivity contribution in [2.45, 2.75) is 25.4 Å². The van der Waals surface area contributed by atoms with Crippen LogP contribution in [-0.2, 0) is 6.18 Å². The highest BCUT2D eigenvalue weighted by Gasteiger charge is 2.33. The number of thioether (sulfide) groups is 1. The van der Waals surface area contributed by atoms with Gasteiger partial charge in [-0.2, -0.15) is 13.2 Å². The van der Waals surface area contributed by atoms with Crippen molar-refractivity contribution in [2.24, 2.45) is 0 Å². The van der Waals surface area contributed by atoms with Crippen molar-refractivity contribution in [1.82, 2.24) is 4.90 Å². The van der Waals surface area contributed by atoms with Gasteiger partial charge in [-0.05, 0) is 48.7 Å². The quantitative estimate of drug-likeness (QED) is 0.735. The van der Waals surface area contributed by atoms with Crippen LogP contribution in [0.5, 0.6) is 0 Å². The lowest BCUT2D eigenvalue weighted by Gasteiger charge is -2.25. The number of nitrogens with one attached hydrogen (secondary N) is 1. The highest BCUT2D eigenvalue weighted by Crippen LogP contribution is 2.39. The third kappa shape index (κ3) is 3.82. The maximum Gasteiger partial charge on any atom is 0.416 e. The van der Waals surface area contributed by atoms with Gasteiger partial charge in [-0.3, -0.25) is 0 Å². The number of benzene rings is 2. The van der Waals surface area contributed by atoms with E-state index in [1.54, 1.807) is 16.7 Å². The van der Waals surface area contributed by atoms with E-state index < -0.39 is 11.7 Å². The first-order chi connectivity index (χ1) is 12.3. The topological polar surface area (TPSA) is 32.3 Å². The van der Waals surface area contributed by atoms with Crippen LogP contribution in [-0.4, -0.2) is 23.2 Å². The largest absolute Gasteiger partial charge is 0.416 e. The van der Waals surface area contributed by atoms with Crippen LogP contribution in [0.25, 0.3) is 0 Å². The van der Waals surface area contributed by atoms with Crippen molar-refractivity contribution in [3.05, 3.63) is 64.7 Å². The smallest absolute Gasteiger partial charge is 0.308 e. The summed E-state index contributed by atoms with van der Waals surface area (Å²) in [6.45, 7) is 4.46. The normalized spacial score (nSPS) is 17.4. The highest BCUT2D eigenvalue weighted by atomic mass is 32.2. The van der Waals surface area contributed by atoms with Crippen LogP contribution in [0.4, 0.5) is 23.7 Å². The number of halogens is 3. The molecule has 3 rings (SSSR count). The summed E-state index contributed by atoms with van der Waals surface area (Å²) < 4.78 is 38.2. The average molecular weight is 380 g/mol. The molecule has 0 spiro atoms. The summed E-state index contributed by atoms with van der Waals surface area (Å²) in [7, 11) is 0. The predicted molar refractivity (Wildman–Crippen MR) is 98.3 cm³/mol. The number of urea groups is 1. The Morgan fingerprint density at radius 1 is 1.15 bits per heavy atom. The number of nitrogens with zero attached hydrogens (tertiary/aromatic N) is 1. The minimum atomic E-state index is -4.36. The molecule has 1 aliphatic heterocycles. The van der Waals surface area contributed by atoms with Crippen molar-refractivity contribution in [3.8, 4) is 0 Å². The van der Waals surface area contributed by atoms with Gasteiger partial charge in [0.2, 0.25) is 0 Å². The fraction of sp³-hybridized carbons (Fsp3) is 0.316. The van der Waals surface area contributed by atoms with Gasteiger partial charge in [0.05, 0.1) is 5.56 Å². The van der Waals surface area contributed by atoms with Gasteiger partial charge in [-0.25, -0.2) is 4.79 Å². The van der Waals surface area contributed by atoms with E-state index in [1.807, 2.05) is 32.0 Å². The van der Waals surface area contributed by atoms with Crippen molar-refractivity contribution in [1.29, 1.82) is 0 Å². The molecule has 0 aliphatic carbocycles. The molecule has 26 heavy (non-hydrogen) atoms. The number of hydrogen-bond donors (Lipinski definition) is 1. The van der Waals surface area contributed by atoms with Gasteiger partial charge in [-0.15, -0.1) is 11.8 Å². The molecule has 1 N–H and O–H groups in total. The first-order valence-corrected chi connectivity index (χ1v) is 9.25. The standard InChI is InChI=1S/C19H19F3N2OS/c1-12-4-3-5-16(13(12)2)23-18(25)24-10-11-26-17(24)14-6-8-15(9-7-14)19(20,21)22/h3-9,17H,10-11H2,1-2H3,(H,23,25)/t17-/m1/s1. The minimum absolute atomic E-state index is 0.242. The highest BCUT2D eigenvalue weighted by molar-refractivity contribution is 7.99. The van der Waals surface area contributed by atoms with E-state index in [-0.39, 0.29) is 11.4 Å². The lowest BCUT2D eigenvalue weighted by Crippen LogP contribution is -2.34. The Morgan fingerprint density at radius 3 is 2.50 bits per heavy atom. The second-order valence-corrected chi connectivity index (χ2v) is 7.40. The number of carbonyl (C=O) groups is 1. The van der Waals surface area contributed by atoms with Gasteiger partial charge in [0.1, 0.15) is 5.37 Å². The Hall–Kier alpha value is -2.15. The molecule has 7 heteroatoms. The molecule has 0 radical (unpaired) electrons. The molecule has 1 fully saturated rings. The van der Waals surface area contributed by atoms with E-state index in [2.05, 4.69) is 5.32 Å². The van der Waals surface area contributed by atoms with E-state index >= 15 is 0 Å². The number of carbonyl (C=O) groups excluding carboxylic acids is 1. The summed E-state index contributed by atoms with van der Waals surface area (Å²) in [5.41, 5.74) is 2.84. The number of amides is 2. The molecule has 2 aromatic carbocycles. The molecule has 2 aromatic rings. The summed E-state index contributed by atoms with van der Waals surface area (Å²) in [4.78, 5) is 14.4. The minimum Gasteiger partial charge on any atom is -0.308 e. The van der Waals surface area contributed by atoms with Crippen LogP contribution < -0.4 is 5.32 Å². The molecular weight excluding hydrogens is 361 g/mol. The maximum atomic E-state index is 12.7. The monoisotopic (exact) mass is 380 g/mol. The number of aryl methyl sites for hydroxylation is 1. The van der Waals surface area contributed by atoms with Gasteiger partial charge in [0, 0.05) is 18.0 Å². The van der Waals surface area contributed by atoms with Crippen molar-refractivity contribution < 1.29 is 18.0 Å². The number of anilines is 1. The van der Waals surface area contributed by atoms with Crippen LogP contribution in [0.15, 0.2) is 42.5 Å². The van der Waals surface area contributed by atoms with Crippen LogP contribution in [0.3, 0.4) is 0 Å². The fourth-order valence-electron chi connectivity index (χ4n) is 2.86. The van der Waals surface area contributed by atoms with Crippen LogP contribution >= 0.6 is 11.8 Å². The van der Waals surface area contributed by atoms with E-state index in [0.29, 0.717) is 12.1 Å². The Labute approximate surface area is 154 Å². The van der Waals surface area contributed by atoms with Crippen LogP contribution in [0.2, 0.25) is 0 Å². The molecule has 0 saturated carbocycles. The second kappa shape index (κ2) is 7.23. The van der Waals surface area contributed by atoms with Crippen molar-refractivity contribution in [2.75, 3.05) is 17.6 Å². The molecule has 0 bridgehead atoms. The summed E-state index contributed by atoms with van der Waals surface area (Å²) in [5, 5.41) is 2.63. The number of hydrogen-bond acceptors (Lipinski definition) is 2. The first kappa shape index (κ1) is 18.6. The zero-order chi connectivity index (χ0) is 18.9. The molecule has 2 amide bonds. The zero-order valence-electron chi connectivity index (χ0n) is 14.4. The second-order valence-electron chi connectivity index (χ2n) is 6.21. The molecule has 1 aliphatic rings. The maximum absolute atomic E-state index is 12.7. The molecule has 1 heterocycles. The Kier molecular flexibility index (Phi) is 5.18. The van der Waals surface area contributed by atoms with Gasteiger partial charge < -0.3 is 10.2 Å². The molecular formula is C19H19F3N2OS. The molecule has 1 atom stereocenters. The van der Waals surface area contributed by atoms with Gasteiger partial charge in [0.25, 0.3) is 0 Å². The van der Waals surface area contributed by atoms with Crippen molar-refractivity contribution >= 4 is 23.5 Å². The summed E-state index contributed by atoms with van der Waals surface area (Å²) in [5.74, 6) is 0.742. The third-order valence-corrected chi connectivity index (χ3v) is 5.78. The van der Waals surface area contributed by atoms with E-state index in [4.69, 9.17) is 0 Å². The fourth-order valence-corrected chi connectivity index (χ4v) is 4.12. The molecule has 0 unspecified atom stereocenters. The Balaban J connectivity index is 1.77. The first-order valence-electron chi connectivity index (χ1n) is 8.20. The molecule has 3 nitrogen and oxygen atoms in total. The van der Waals surface area contributed by atoms with Crippen LogP contribution in [0, 0.1) is 13.8 Å². The summed E-state index contributed by atoms with van der Waals surface area (Å²) in [6, 6.07) is 10.5. The lowest BCUT2D eigenvalue weighted by molar-refractivity contribution is -0.137. The number of alkyl halides is 3. The molecule has 138 valence electrons. The average Bonchev–Trinajstić information content (AvgIpc) is 3.08. The molecule has 1 saturated heterocycles.